The fourth-order valence-corrected chi connectivity index (χ4v) is 3.28. The molecule has 0 fully saturated rings. The lowest BCUT2D eigenvalue weighted by molar-refractivity contribution is 0.684. The molecule has 0 saturated carbocycles. The molecule has 0 radical (unpaired) electrons. The van der Waals surface area contributed by atoms with E-state index in [1.54, 1.807) is 0 Å². The minimum Gasteiger partial charge on any atom is -0.309 e. The van der Waals surface area contributed by atoms with Crippen molar-refractivity contribution in [2.75, 3.05) is 7.05 Å². The monoisotopic (exact) mass is 337 g/mol. The highest BCUT2D eigenvalue weighted by Crippen LogP contribution is 2.32. The Morgan fingerprint density at radius 1 is 1.05 bits per heavy atom. The van der Waals surface area contributed by atoms with Crippen molar-refractivity contribution in [1.29, 1.82) is 0 Å². The van der Waals surface area contributed by atoms with Crippen LogP contribution in [0.15, 0.2) is 40.9 Å². The van der Waals surface area contributed by atoms with Crippen LogP contribution in [0.2, 0.25) is 5.02 Å². The molecule has 1 nitrogen and oxygen atoms in total. The van der Waals surface area contributed by atoms with Crippen molar-refractivity contribution in [3.05, 3.63) is 68.1 Å². The molecule has 0 saturated heterocycles. The van der Waals surface area contributed by atoms with Crippen molar-refractivity contribution in [3.63, 3.8) is 0 Å². The fourth-order valence-electron chi connectivity index (χ4n) is 2.36. The van der Waals surface area contributed by atoms with Crippen LogP contribution in [-0.2, 0) is 0 Å². The smallest absolute Gasteiger partial charge is 0.0588 e. The molecule has 100 valence electrons. The summed E-state index contributed by atoms with van der Waals surface area (Å²) in [5, 5.41) is 4.12. The molecule has 0 aliphatic heterocycles. The van der Waals surface area contributed by atoms with E-state index < -0.39 is 0 Å². The highest BCUT2D eigenvalue weighted by molar-refractivity contribution is 9.10. The second-order valence-corrected chi connectivity index (χ2v) is 6.04. The Bertz CT molecular complexity index is 544. The van der Waals surface area contributed by atoms with Crippen LogP contribution in [0.3, 0.4) is 0 Å². The molecule has 2 aromatic carbocycles. The van der Waals surface area contributed by atoms with Crippen LogP contribution in [0.1, 0.15) is 28.3 Å². The van der Waals surface area contributed by atoms with Crippen LogP contribution in [-0.4, -0.2) is 7.05 Å². The Morgan fingerprint density at radius 3 is 2.32 bits per heavy atom. The van der Waals surface area contributed by atoms with Gasteiger partial charge in [0.2, 0.25) is 0 Å². The van der Waals surface area contributed by atoms with Gasteiger partial charge in [0.05, 0.1) is 6.04 Å². The normalized spacial score (nSPS) is 12.5. The average Bonchev–Trinajstić information content (AvgIpc) is 2.34. The van der Waals surface area contributed by atoms with Crippen LogP contribution in [0, 0.1) is 13.8 Å². The molecule has 1 atom stereocenters. The average molecular weight is 339 g/mol. The van der Waals surface area contributed by atoms with Crippen molar-refractivity contribution < 1.29 is 0 Å². The van der Waals surface area contributed by atoms with Crippen molar-refractivity contribution in [2.45, 2.75) is 19.9 Å². The molecule has 1 unspecified atom stereocenters. The number of hydrogen-bond donors (Lipinski definition) is 1. The highest BCUT2D eigenvalue weighted by Gasteiger charge is 2.16. The quantitative estimate of drug-likeness (QED) is 0.828. The summed E-state index contributed by atoms with van der Waals surface area (Å²) in [5.74, 6) is 0. The molecular weight excluding hydrogens is 322 g/mol. The van der Waals surface area contributed by atoms with E-state index in [0.717, 1.165) is 9.50 Å². The van der Waals surface area contributed by atoms with Gasteiger partial charge in [0, 0.05) is 9.50 Å². The first-order chi connectivity index (χ1) is 9.02. The van der Waals surface area contributed by atoms with E-state index in [1.807, 2.05) is 19.2 Å². The largest absolute Gasteiger partial charge is 0.309 e. The summed E-state index contributed by atoms with van der Waals surface area (Å²) in [6.45, 7) is 4.26. The molecule has 19 heavy (non-hydrogen) atoms. The Hall–Kier alpha value is -0.830. The van der Waals surface area contributed by atoms with E-state index in [0.29, 0.717) is 0 Å². The Kier molecular flexibility index (Phi) is 4.67. The second kappa shape index (κ2) is 6.08. The van der Waals surface area contributed by atoms with Crippen molar-refractivity contribution in [3.8, 4) is 0 Å². The van der Waals surface area contributed by atoms with E-state index in [9.17, 15) is 0 Å². The Labute approximate surface area is 128 Å². The molecule has 2 rings (SSSR count). The predicted molar refractivity (Wildman–Crippen MR) is 86.0 cm³/mol. The molecule has 0 bridgehead atoms. The van der Waals surface area contributed by atoms with Gasteiger partial charge >= 0.3 is 0 Å². The first kappa shape index (κ1) is 14.6. The zero-order chi connectivity index (χ0) is 14.0. The maximum atomic E-state index is 6.01. The van der Waals surface area contributed by atoms with E-state index in [1.165, 1.54) is 22.3 Å². The minimum absolute atomic E-state index is 0.159. The SMILES string of the molecule is CNC(c1ccc(C)cc1C)c1ccc(Cl)cc1Br. The molecule has 0 aliphatic carbocycles. The standard InChI is InChI=1S/C16H17BrClN/c1-10-4-6-13(11(2)8-10)16(19-3)14-7-5-12(18)9-15(14)17/h4-9,16,19H,1-3H3. The van der Waals surface area contributed by atoms with Crippen molar-refractivity contribution >= 4 is 27.5 Å². The molecule has 1 N–H and O–H groups in total. The van der Waals surface area contributed by atoms with Gasteiger partial charge in [0.1, 0.15) is 0 Å². The van der Waals surface area contributed by atoms with Crippen LogP contribution >= 0.6 is 27.5 Å². The summed E-state index contributed by atoms with van der Waals surface area (Å²) in [7, 11) is 1.98. The summed E-state index contributed by atoms with van der Waals surface area (Å²) in [6.07, 6.45) is 0. The molecule has 0 aromatic heterocycles. The summed E-state index contributed by atoms with van der Waals surface area (Å²) in [6, 6.07) is 12.6. The zero-order valence-corrected chi connectivity index (χ0v) is 13.6. The molecular formula is C16H17BrClN. The minimum atomic E-state index is 0.159. The lowest BCUT2D eigenvalue weighted by atomic mass is 9.94. The number of halogens is 2. The van der Waals surface area contributed by atoms with Crippen molar-refractivity contribution in [1.82, 2.24) is 5.32 Å². The number of hydrogen-bond acceptors (Lipinski definition) is 1. The molecule has 0 heterocycles. The number of benzene rings is 2. The third-order valence-electron chi connectivity index (χ3n) is 3.30. The summed E-state index contributed by atoms with van der Waals surface area (Å²) >= 11 is 9.61. The number of nitrogens with one attached hydrogen (secondary N) is 1. The third kappa shape index (κ3) is 3.19. The van der Waals surface area contributed by atoms with E-state index in [2.05, 4.69) is 59.4 Å². The molecule has 0 aliphatic rings. The van der Waals surface area contributed by atoms with Gasteiger partial charge in [-0.2, -0.15) is 0 Å². The zero-order valence-electron chi connectivity index (χ0n) is 11.3. The first-order valence-corrected chi connectivity index (χ1v) is 7.39. The number of rotatable bonds is 3. The summed E-state index contributed by atoms with van der Waals surface area (Å²) in [5.41, 5.74) is 5.06. The highest BCUT2D eigenvalue weighted by atomic mass is 79.9. The van der Waals surface area contributed by atoms with Gasteiger partial charge in [0.25, 0.3) is 0 Å². The maximum absolute atomic E-state index is 6.01. The lowest BCUT2D eigenvalue weighted by Gasteiger charge is -2.21. The Balaban J connectivity index is 2.50. The van der Waals surface area contributed by atoms with Gasteiger partial charge in [-0.25, -0.2) is 0 Å². The topological polar surface area (TPSA) is 12.0 Å². The van der Waals surface area contributed by atoms with Gasteiger partial charge in [-0.15, -0.1) is 0 Å². The maximum Gasteiger partial charge on any atom is 0.0588 e. The van der Waals surface area contributed by atoms with E-state index in [-0.39, 0.29) is 6.04 Å². The first-order valence-electron chi connectivity index (χ1n) is 6.22. The molecule has 3 heteroatoms. The van der Waals surface area contributed by atoms with E-state index in [4.69, 9.17) is 11.6 Å². The summed E-state index contributed by atoms with van der Waals surface area (Å²) < 4.78 is 1.03. The summed E-state index contributed by atoms with van der Waals surface area (Å²) in [4.78, 5) is 0. The third-order valence-corrected chi connectivity index (χ3v) is 4.22. The van der Waals surface area contributed by atoms with E-state index >= 15 is 0 Å². The molecule has 0 spiro atoms. The molecule has 2 aromatic rings. The van der Waals surface area contributed by atoms with Gasteiger partial charge in [0.15, 0.2) is 0 Å². The van der Waals surface area contributed by atoms with Crippen LogP contribution in [0.5, 0.6) is 0 Å². The fraction of sp³-hybridized carbons (Fsp3) is 0.250. The lowest BCUT2D eigenvalue weighted by Crippen LogP contribution is -2.19. The molecule has 0 amide bonds. The van der Waals surface area contributed by atoms with Gasteiger partial charge < -0.3 is 5.32 Å². The van der Waals surface area contributed by atoms with Crippen LogP contribution < -0.4 is 5.32 Å². The second-order valence-electron chi connectivity index (χ2n) is 4.75. The van der Waals surface area contributed by atoms with Crippen molar-refractivity contribution in [2.24, 2.45) is 0 Å². The van der Waals surface area contributed by atoms with Gasteiger partial charge in [-0.05, 0) is 49.7 Å². The van der Waals surface area contributed by atoms with Gasteiger partial charge in [-0.1, -0.05) is 57.4 Å². The van der Waals surface area contributed by atoms with Crippen LogP contribution in [0.4, 0.5) is 0 Å². The van der Waals surface area contributed by atoms with Crippen LogP contribution in [0.25, 0.3) is 0 Å². The Morgan fingerprint density at radius 2 is 1.74 bits per heavy atom. The van der Waals surface area contributed by atoms with Gasteiger partial charge in [-0.3, -0.25) is 0 Å². The number of aryl methyl sites for hydroxylation is 2. The predicted octanol–water partition coefficient (Wildman–Crippen LogP) is 5.03.